The van der Waals surface area contributed by atoms with Crippen molar-refractivity contribution >= 4 is 0 Å². The maximum atomic E-state index is 5.34. The van der Waals surface area contributed by atoms with Gasteiger partial charge in [0.1, 0.15) is 0 Å². The first-order chi connectivity index (χ1) is 8.86. The number of hydrogen-bond donors (Lipinski definition) is 1. The van der Waals surface area contributed by atoms with Gasteiger partial charge in [0.15, 0.2) is 0 Å². The monoisotopic (exact) mass is 247 g/mol. The van der Waals surface area contributed by atoms with Crippen LogP contribution in [0.25, 0.3) is 11.4 Å². The van der Waals surface area contributed by atoms with E-state index in [9.17, 15) is 0 Å². The normalized spacial score (nSPS) is 20.2. The van der Waals surface area contributed by atoms with Crippen LogP contribution in [0.4, 0.5) is 0 Å². The fourth-order valence-electron chi connectivity index (χ4n) is 2.21. The second kappa shape index (κ2) is 4.89. The highest BCUT2D eigenvalue weighted by atomic mass is 16.5. The van der Waals surface area contributed by atoms with Crippen molar-refractivity contribution in [2.45, 2.75) is 38.8 Å². The summed E-state index contributed by atoms with van der Waals surface area (Å²) in [7, 11) is 0. The maximum Gasteiger partial charge on any atom is 0.244 e. The summed E-state index contributed by atoms with van der Waals surface area (Å²) >= 11 is 0. The summed E-state index contributed by atoms with van der Waals surface area (Å²) in [6.07, 6.45) is 7.20. The summed E-state index contributed by atoms with van der Waals surface area (Å²) in [6, 6.07) is 0.209. The Morgan fingerprint density at radius 2 is 2.44 bits per heavy atom. The smallest absolute Gasteiger partial charge is 0.244 e. The molecule has 0 aromatic carbocycles. The van der Waals surface area contributed by atoms with Gasteiger partial charge < -0.3 is 9.84 Å². The van der Waals surface area contributed by atoms with Gasteiger partial charge in [-0.1, -0.05) is 11.6 Å². The summed E-state index contributed by atoms with van der Waals surface area (Å²) < 4.78 is 7.19. The van der Waals surface area contributed by atoms with Crippen molar-refractivity contribution in [1.82, 2.24) is 25.2 Å². The minimum atomic E-state index is 0.209. The Morgan fingerprint density at radius 3 is 3.17 bits per heavy atom. The molecule has 0 spiro atoms. The first-order valence-electron chi connectivity index (χ1n) is 6.46. The topological polar surface area (TPSA) is 68.8 Å². The van der Waals surface area contributed by atoms with Crippen LogP contribution in [0.15, 0.2) is 16.9 Å². The van der Waals surface area contributed by atoms with E-state index in [1.165, 1.54) is 12.8 Å². The van der Waals surface area contributed by atoms with Gasteiger partial charge in [-0.05, 0) is 26.3 Å². The first kappa shape index (κ1) is 11.4. The molecular formula is C12H17N5O. The Hall–Kier alpha value is -1.69. The zero-order valence-corrected chi connectivity index (χ0v) is 10.5. The molecule has 0 saturated carbocycles. The molecule has 3 rings (SSSR count). The molecular weight excluding hydrogens is 230 g/mol. The van der Waals surface area contributed by atoms with E-state index < -0.39 is 0 Å². The van der Waals surface area contributed by atoms with Crippen LogP contribution >= 0.6 is 0 Å². The number of aryl methyl sites for hydroxylation is 1. The second-order valence-corrected chi connectivity index (χ2v) is 4.54. The zero-order chi connectivity index (χ0) is 12.4. The number of nitrogens with one attached hydrogen (secondary N) is 1. The van der Waals surface area contributed by atoms with Gasteiger partial charge in [0, 0.05) is 12.7 Å². The highest BCUT2D eigenvalue weighted by molar-refractivity contribution is 5.51. The van der Waals surface area contributed by atoms with E-state index in [4.69, 9.17) is 4.52 Å². The van der Waals surface area contributed by atoms with Crippen LogP contribution in [-0.4, -0.2) is 26.5 Å². The number of rotatable bonds is 3. The third-order valence-electron chi connectivity index (χ3n) is 3.27. The van der Waals surface area contributed by atoms with Gasteiger partial charge >= 0.3 is 0 Å². The van der Waals surface area contributed by atoms with E-state index >= 15 is 0 Å². The Kier molecular flexibility index (Phi) is 3.10. The molecule has 6 nitrogen and oxygen atoms in total. The quantitative estimate of drug-likeness (QED) is 0.895. The van der Waals surface area contributed by atoms with Gasteiger partial charge in [-0.2, -0.15) is 10.1 Å². The molecule has 18 heavy (non-hydrogen) atoms. The van der Waals surface area contributed by atoms with Crippen LogP contribution in [-0.2, 0) is 6.54 Å². The number of aromatic nitrogens is 4. The molecule has 1 aliphatic rings. The lowest BCUT2D eigenvalue weighted by molar-refractivity contribution is 0.297. The minimum absolute atomic E-state index is 0.209. The van der Waals surface area contributed by atoms with Crippen molar-refractivity contribution in [2.75, 3.05) is 6.54 Å². The van der Waals surface area contributed by atoms with Crippen LogP contribution in [0.3, 0.4) is 0 Å². The lowest BCUT2D eigenvalue weighted by Gasteiger charge is -2.19. The van der Waals surface area contributed by atoms with E-state index in [0.717, 1.165) is 25.1 Å². The lowest BCUT2D eigenvalue weighted by atomic mass is 10.1. The maximum absolute atomic E-state index is 5.34. The van der Waals surface area contributed by atoms with Crippen LogP contribution in [0.2, 0.25) is 0 Å². The van der Waals surface area contributed by atoms with Crippen LogP contribution < -0.4 is 5.32 Å². The molecule has 0 bridgehead atoms. The van der Waals surface area contributed by atoms with Gasteiger partial charge in [-0.15, -0.1) is 0 Å². The van der Waals surface area contributed by atoms with Gasteiger partial charge in [-0.3, -0.25) is 4.68 Å². The molecule has 0 unspecified atom stereocenters. The third kappa shape index (κ3) is 2.15. The van der Waals surface area contributed by atoms with E-state index in [1.54, 1.807) is 6.20 Å². The van der Waals surface area contributed by atoms with Gasteiger partial charge in [-0.25, -0.2) is 0 Å². The average molecular weight is 247 g/mol. The van der Waals surface area contributed by atoms with Crippen molar-refractivity contribution in [3.63, 3.8) is 0 Å². The summed E-state index contributed by atoms with van der Waals surface area (Å²) in [4.78, 5) is 4.46. The highest BCUT2D eigenvalue weighted by Crippen LogP contribution is 2.23. The summed E-state index contributed by atoms with van der Waals surface area (Å²) in [5.74, 6) is 1.31. The van der Waals surface area contributed by atoms with Crippen LogP contribution in [0.1, 0.15) is 38.1 Å². The Morgan fingerprint density at radius 1 is 1.50 bits per heavy atom. The van der Waals surface area contributed by atoms with E-state index in [-0.39, 0.29) is 6.04 Å². The molecule has 0 amide bonds. The molecule has 1 aliphatic heterocycles. The molecule has 0 radical (unpaired) electrons. The molecule has 96 valence electrons. The first-order valence-corrected chi connectivity index (χ1v) is 6.46. The molecule has 2 aromatic rings. The second-order valence-electron chi connectivity index (χ2n) is 4.54. The Bertz CT molecular complexity index is 512. The Balaban J connectivity index is 1.79. The summed E-state index contributed by atoms with van der Waals surface area (Å²) in [5, 5.41) is 11.6. The van der Waals surface area contributed by atoms with E-state index in [2.05, 4.69) is 20.6 Å². The number of piperidine rings is 1. The predicted molar refractivity (Wildman–Crippen MR) is 65.8 cm³/mol. The SMILES string of the molecule is CCn1cc(-c2noc([C@@H]3CCCCN3)n2)cn1. The Labute approximate surface area is 105 Å². The van der Waals surface area contributed by atoms with Gasteiger partial charge in [0.2, 0.25) is 11.7 Å². The third-order valence-corrected chi connectivity index (χ3v) is 3.27. The highest BCUT2D eigenvalue weighted by Gasteiger charge is 2.21. The van der Waals surface area contributed by atoms with Crippen molar-refractivity contribution in [1.29, 1.82) is 0 Å². The fourth-order valence-corrected chi connectivity index (χ4v) is 2.21. The predicted octanol–water partition coefficient (Wildman–Crippen LogP) is 1.77. The van der Waals surface area contributed by atoms with Gasteiger partial charge in [0.05, 0.1) is 17.8 Å². The number of hydrogen-bond acceptors (Lipinski definition) is 5. The number of nitrogens with zero attached hydrogens (tertiary/aromatic N) is 4. The van der Waals surface area contributed by atoms with Crippen LogP contribution in [0.5, 0.6) is 0 Å². The molecule has 6 heteroatoms. The molecule has 1 N–H and O–H groups in total. The summed E-state index contributed by atoms with van der Waals surface area (Å²) in [5.41, 5.74) is 0.905. The molecule has 1 saturated heterocycles. The molecule has 1 fully saturated rings. The van der Waals surface area contributed by atoms with E-state index in [0.29, 0.717) is 11.7 Å². The minimum Gasteiger partial charge on any atom is -0.337 e. The summed E-state index contributed by atoms with van der Waals surface area (Å²) in [6.45, 7) is 3.91. The van der Waals surface area contributed by atoms with Crippen LogP contribution in [0, 0.1) is 0 Å². The molecule has 0 aliphatic carbocycles. The van der Waals surface area contributed by atoms with Crippen molar-refractivity contribution in [3.05, 3.63) is 18.3 Å². The van der Waals surface area contributed by atoms with E-state index in [1.807, 2.05) is 17.8 Å². The van der Waals surface area contributed by atoms with Crippen molar-refractivity contribution < 1.29 is 4.52 Å². The zero-order valence-electron chi connectivity index (χ0n) is 10.5. The molecule has 1 atom stereocenters. The standard InChI is InChI=1S/C12H17N5O/c1-2-17-8-9(7-14-17)11-15-12(18-16-11)10-5-3-4-6-13-10/h7-8,10,13H,2-6H2,1H3/t10-/m0/s1. The van der Waals surface area contributed by atoms with Crippen molar-refractivity contribution in [2.24, 2.45) is 0 Å². The molecule has 2 aromatic heterocycles. The van der Waals surface area contributed by atoms with Gasteiger partial charge in [0.25, 0.3) is 0 Å². The van der Waals surface area contributed by atoms with Crippen molar-refractivity contribution in [3.8, 4) is 11.4 Å². The fraction of sp³-hybridized carbons (Fsp3) is 0.583. The lowest BCUT2D eigenvalue weighted by Crippen LogP contribution is -2.26. The average Bonchev–Trinajstić information content (AvgIpc) is 3.08. The largest absolute Gasteiger partial charge is 0.337 e. The molecule has 3 heterocycles.